The predicted molar refractivity (Wildman–Crippen MR) is 116 cm³/mol. The van der Waals surface area contributed by atoms with Crippen molar-refractivity contribution in [2.24, 2.45) is 5.10 Å². The Kier molecular flexibility index (Phi) is 6.32. The largest absolute Gasteiger partial charge is 0.507 e. The first-order valence-corrected chi connectivity index (χ1v) is 10.4. The molecular formula is C19H22ClN9O3. The molecule has 4 N–H and O–H groups in total. The molecule has 2 aromatic heterocycles. The van der Waals surface area contributed by atoms with E-state index < -0.39 is 5.91 Å². The maximum Gasteiger partial charge on any atom is 0.293 e. The number of anilines is 1. The SMILES string of the molecule is C[C@@H]1CCCCN1Cc1c(C(=O)N/N=C/c2cc(Cl)ccc2O)nnn1-c1nonc1N. The lowest BCUT2D eigenvalue weighted by molar-refractivity contribution is 0.0945. The summed E-state index contributed by atoms with van der Waals surface area (Å²) in [5.41, 5.74) is 9.14. The Morgan fingerprint density at radius 2 is 2.28 bits per heavy atom. The standard InChI is InChI=1S/C19H22ClN9O3/c1-11-4-2-3-7-28(11)10-14-16(23-27-29(14)18-17(21)25-32-26-18)19(31)24-22-9-12-8-13(20)5-6-15(12)30/h5-6,8-9,11,30H,2-4,7,10H2,1H3,(H2,21,25)(H,24,31)/b22-9+/t11-/m1/s1. The third-order valence-corrected chi connectivity index (χ3v) is 5.56. The van der Waals surface area contributed by atoms with Crippen LogP contribution in [0, 0.1) is 0 Å². The average Bonchev–Trinajstić information content (AvgIpc) is 3.38. The predicted octanol–water partition coefficient (Wildman–Crippen LogP) is 1.73. The lowest BCUT2D eigenvalue weighted by atomic mass is 10.0. The molecule has 1 aliphatic heterocycles. The van der Waals surface area contributed by atoms with Crippen molar-refractivity contribution in [1.82, 2.24) is 35.6 Å². The second kappa shape index (κ2) is 9.32. The molecular weight excluding hydrogens is 438 g/mol. The van der Waals surface area contributed by atoms with E-state index in [0.29, 0.717) is 28.9 Å². The molecule has 1 saturated heterocycles. The van der Waals surface area contributed by atoms with Gasteiger partial charge in [0.15, 0.2) is 5.69 Å². The number of hydrogen-bond donors (Lipinski definition) is 3. The number of nitrogens with two attached hydrogens (primary N) is 1. The van der Waals surface area contributed by atoms with E-state index in [-0.39, 0.29) is 23.1 Å². The Labute approximate surface area is 188 Å². The second-order valence-electron chi connectivity index (χ2n) is 7.49. The number of hydrazone groups is 1. The number of amides is 1. The highest BCUT2D eigenvalue weighted by molar-refractivity contribution is 6.30. The van der Waals surface area contributed by atoms with Gasteiger partial charge in [0.2, 0.25) is 11.6 Å². The first-order valence-electron chi connectivity index (χ1n) is 10.0. The number of carbonyl (C=O) groups excluding carboxylic acids is 1. The Balaban J connectivity index is 1.60. The molecule has 1 aromatic carbocycles. The van der Waals surface area contributed by atoms with Crippen LogP contribution in [0.4, 0.5) is 5.82 Å². The van der Waals surface area contributed by atoms with Gasteiger partial charge < -0.3 is 10.8 Å². The van der Waals surface area contributed by atoms with Crippen LogP contribution < -0.4 is 11.2 Å². The van der Waals surface area contributed by atoms with E-state index >= 15 is 0 Å². The number of hydrogen-bond acceptors (Lipinski definition) is 10. The molecule has 0 saturated carbocycles. The van der Waals surface area contributed by atoms with Gasteiger partial charge in [0.05, 0.1) is 11.9 Å². The molecule has 13 heteroatoms. The Morgan fingerprint density at radius 1 is 1.44 bits per heavy atom. The van der Waals surface area contributed by atoms with Crippen LogP contribution in [0.5, 0.6) is 5.75 Å². The van der Waals surface area contributed by atoms with Gasteiger partial charge in [-0.25, -0.2) is 10.1 Å². The van der Waals surface area contributed by atoms with E-state index in [2.05, 4.69) is 47.6 Å². The van der Waals surface area contributed by atoms with Gasteiger partial charge in [-0.1, -0.05) is 23.2 Å². The summed E-state index contributed by atoms with van der Waals surface area (Å²) in [6.07, 6.45) is 4.57. The number of aromatic nitrogens is 5. The zero-order chi connectivity index (χ0) is 22.7. The fourth-order valence-corrected chi connectivity index (χ4v) is 3.74. The molecule has 12 nitrogen and oxygen atoms in total. The maximum absolute atomic E-state index is 12.9. The molecule has 3 aromatic rings. The number of aromatic hydroxyl groups is 1. The van der Waals surface area contributed by atoms with Crippen LogP contribution in [0.25, 0.3) is 5.82 Å². The summed E-state index contributed by atoms with van der Waals surface area (Å²) in [5, 5.41) is 29.6. The highest BCUT2D eigenvalue weighted by Gasteiger charge is 2.28. The van der Waals surface area contributed by atoms with Gasteiger partial charge in [0.1, 0.15) is 5.75 Å². The molecule has 32 heavy (non-hydrogen) atoms. The van der Waals surface area contributed by atoms with Crippen molar-refractivity contribution >= 4 is 29.5 Å². The van der Waals surface area contributed by atoms with E-state index in [0.717, 1.165) is 25.8 Å². The minimum Gasteiger partial charge on any atom is -0.507 e. The third-order valence-electron chi connectivity index (χ3n) is 5.33. The Hall–Kier alpha value is -3.51. The monoisotopic (exact) mass is 459 g/mol. The summed E-state index contributed by atoms with van der Waals surface area (Å²) in [6, 6.07) is 4.83. The lowest BCUT2D eigenvalue weighted by Gasteiger charge is -2.33. The van der Waals surface area contributed by atoms with Gasteiger partial charge >= 0.3 is 0 Å². The molecule has 0 aliphatic carbocycles. The summed E-state index contributed by atoms with van der Waals surface area (Å²) < 4.78 is 6.04. The summed E-state index contributed by atoms with van der Waals surface area (Å²) in [7, 11) is 0. The molecule has 1 amide bonds. The quantitative estimate of drug-likeness (QED) is 0.368. The van der Waals surface area contributed by atoms with Crippen molar-refractivity contribution in [1.29, 1.82) is 0 Å². The number of rotatable bonds is 6. The Bertz CT molecular complexity index is 1140. The zero-order valence-corrected chi connectivity index (χ0v) is 18.0. The van der Waals surface area contributed by atoms with Gasteiger partial charge in [-0.3, -0.25) is 9.69 Å². The molecule has 0 radical (unpaired) electrons. The molecule has 3 heterocycles. The molecule has 0 bridgehead atoms. The molecule has 4 rings (SSSR count). The van der Waals surface area contributed by atoms with Crippen LogP contribution in [-0.4, -0.2) is 60.0 Å². The van der Waals surface area contributed by atoms with Crippen LogP contribution in [0.2, 0.25) is 5.02 Å². The molecule has 168 valence electrons. The second-order valence-corrected chi connectivity index (χ2v) is 7.92. The zero-order valence-electron chi connectivity index (χ0n) is 17.3. The number of phenolic OH excluding ortho intramolecular Hbond substituents is 1. The van der Waals surface area contributed by atoms with E-state index in [4.69, 9.17) is 17.3 Å². The number of likely N-dealkylation sites (tertiary alicyclic amines) is 1. The number of nitrogens with zero attached hydrogens (tertiary/aromatic N) is 7. The number of piperidine rings is 1. The fourth-order valence-electron chi connectivity index (χ4n) is 3.55. The van der Waals surface area contributed by atoms with Crippen LogP contribution in [0.3, 0.4) is 0 Å². The van der Waals surface area contributed by atoms with Crippen LogP contribution in [0.15, 0.2) is 27.9 Å². The third kappa shape index (κ3) is 4.55. The highest BCUT2D eigenvalue weighted by Crippen LogP contribution is 2.23. The average molecular weight is 460 g/mol. The molecule has 1 atom stereocenters. The minimum atomic E-state index is -0.580. The summed E-state index contributed by atoms with van der Waals surface area (Å²) in [4.78, 5) is 15.1. The highest BCUT2D eigenvalue weighted by atomic mass is 35.5. The van der Waals surface area contributed by atoms with Gasteiger partial charge in [-0.15, -0.1) is 5.10 Å². The molecule has 1 aliphatic rings. The number of phenols is 1. The first kappa shape index (κ1) is 21.7. The summed E-state index contributed by atoms with van der Waals surface area (Å²) >= 11 is 5.93. The molecule has 1 fully saturated rings. The number of benzene rings is 1. The summed E-state index contributed by atoms with van der Waals surface area (Å²) in [6.45, 7) is 3.43. The molecule has 0 unspecified atom stereocenters. The van der Waals surface area contributed by atoms with Crippen LogP contribution in [-0.2, 0) is 6.54 Å². The van der Waals surface area contributed by atoms with Crippen molar-refractivity contribution < 1.29 is 14.5 Å². The van der Waals surface area contributed by atoms with Crippen molar-refractivity contribution in [3.8, 4) is 11.6 Å². The number of nitrogen functional groups attached to an aromatic ring is 1. The Morgan fingerprint density at radius 3 is 3.03 bits per heavy atom. The van der Waals surface area contributed by atoms with Crippen LogP contribution >= 0.6 is 11.6 Å². The number of nitrogens with one attached hydrogen (secondary N) is 1. The summed E-state index contributed by atoms with van der Waals surface area (Å²) in [5.74, 6) is -0.413. The fraction of sp³-hybridized carbons (Fsp3) is 0.368. The van der Waals surface area contributed by atoms with Crippen molar-refractivity contribution in [2.45, 2.75) is 38.8 Å². The van der Waals surface area contributed by atoms with Crippen molar-refractivity contribution in [3.05, 3.63) is 40.2 Å². The van der Waals surface area contributed by atoms with Crippen molar-refractivity contribution in [2.75, 3.05) is 12.3 Å². The van der Waals surface area contributed by atoms with E-state index in [1.165, 1.54) is 23.0 Å². The smallest absolute Gasteiger partial charge is 0.293 e. The van der Waals surface area contributed by atoms with Gasteiger partial charge in [0, 0.05) is 23.2 Å². The maximum atomic E-state index is 12.9. The topological polar surface area (TPSA) is 161 Å². The van der Waals surface area contributed by atoms with Gasteiger partial charge in [-0.05, 0) is 54.8 Å². The van der Waals surface area contributed by atoms with E-state index in [1.807, 2.05) is 0 Å². The number of halogens is 1. The van der Waals surface area contributed by atoms with Gasteiger partial charge in [0.25, 0.3) is 5.91 Å². The molecule has 0 spiro atoms. The van der Waals surface area contributed by atoms with E-state index in [1.54, 1.807) is 6.07 Å². The van der Waals surface area contributed by atoms with Crippen molar-refractivity contribution in [3.63, 3.8) is 0 Å². The lowest BCUT2D eigenvalue weighted by Crippen LogP contribution is -2.38. The minimum absolute atomic E-state index is 0.0212. The first-order chi connectivity index (χ1) is 15.4. The van der Waals surface area contributed by atoms with Crippen LogP contribution in [0.1, 0.15) is 47.9 Å². The number of carbonyl (C=O) groups is 1. The normalized spacial score (nSPS) is 17.1. The van der Waals surface area contributed by atoms with Gasteiger partial charge in [-0.2, -0.15) is 9.78 Å². The van der Waals surface area contributed by atoms with E-state index in [9.17, 15) is 9.90 Å².